The van der Waals surface area contributed by atoms with Crippen LogP contribution < -0.4 is 0 Å². The van der Waals surface area contributed by atoms with Crippen molar-refractivity contribution < 1.29 is 27.4 Å². The van der Waals surface area contributed by atoms with Gasteiger partial charge in [0.05, 0.1) is 12.7 Å². The van der Waals surface area contributed by atoms with Crippen LogP contribution in [0.2, 0.25) is 0 Å². The van der Waals surface area contributed by atoms with Crippen molar-refractivity contribution in [3.63, 3.8) is 0 Å². The molecule has 1 aromatic rings. The minimum absolute atomic E-state index is 0.144. The van der Waals surface area contributed by atoms with E-state index >= 15 is 0 Å². The molecule has 3 nitrogen and oxygen atoms in total. The first kappa shape index (κ1) is 23.1. The zero-order chi connectivity index (χ0) is 21.6. The van der Waals surface area contributed by atoms with Crippen LogP contribution in [0.15, 0.2) is 24.3 Å². The number of hydrogen-bond donors (Lipinski definition) is 0. The first-order valence-corrected chi connectivity index (χ1v) is 11.3. The number of carbonyl (C=O) groups is 1. The van der Waals surface area contributed by atoms with Gasteiger partial charge in [0.15, 0.2) is 5.92 Å². The minimum Gasteiger partial charge on any atom is -0.462 e. The quantitative estimate of drug-likeness (QED) is 0.357. The van der Waals surface area contributed by atoms with Crippen LogP contribution in [-0.2, 0) is 27.3 Å². The number of ether oxygens (including phenoxy) is 2. The van der Waals surface area contributed by atoms with Gasteiger partial charge in [-0.15, -0.1) is 0 Å². The Morgan fingerprint density at radius 2 is 1.63 bits per heavy atom. The van der Waals surface area contributed by atoms with E-state index < -0.39 is 18.1 Å². The van der Waals surface area contributed by atoms with E-state index in [1.165, 1.54) is 24.8 Å². The molecule has 1 saturated heterocycles. The van der Waals surface area contributed by atoms with E-state index in [2.05, 4.69) is 31.2 Å². The number of unbranched alkanes of at least 4 members (excludes halogenated alkanes) is 2. The maximum absolute atomic E-state index is 12.8. The lowest BCUT2D eigenvalue weighted by Crippen LogP contribution is -2.43. The first-order valence-electron chi connectivity index (χ1n) is 11.3. The molecule has 1 aliphatic heterocycles. The van der Waals surface area contributed by atoms with Crippen LogP contribution in [0.1, 0.15) is 75.8 Å². The van der Waals surface area contributed by atoms with Crippen LogP contribution in [0.5, 0.6) is 0 Å². The summed E-state index contributed by atoms with van der Waals surface area (Å²) in [7, 11) is 0. The summed E-state index contributed by atoms with van der Waals surface area (Å²) >= 11 is 0. The summed E-state index contributed by atoms with van der Waals surface area (Å²) in [5.41, 5.74) is 2.53. The van der Waals surface area contributed by atoms with Crippen molar-refractivity contribution >= 4 is 5.97 Å². The van der Waals surface area contributed by atoms with Crippen molar-refractivity contribution in [1.29, 1.82) is 0 Å². The lowest BCUT2D eigenvalue weighted by atomic mass is 9.80. The molecule has 30 heavy (non-hydrogen) atoms. The monoisotopic (exact) mass is 426 g/mol. The molecule has 1 heterocycles. The standard InChI is InChI=1S/C24H33F3O3/c1-2-3-4-5-17-6-8-18(9-7-17)16-29-20-12-10-19(11-13-20)22-15-14-21(23(28)30-22)24(25,26)27/h6-9,19-22H,2-5,10-16H2,1H3. The number of rotatable bonds is 8. The summed E-state index contributed by atoms with van der Waals surface area (Å²) in [6.07, 6.45) is 3.64. The van der Waals surface area contributed by atoms with Gasteiger partial charge in [-0.3, -0.25) is 4.79 Å². The zero-order valence-electron chi connectivity index (χ0n) is 17.8. The molecule has 1 saturated carbocycles. The Kier molecular flexibility index (Phi) is 8.20. The second-order valence-corrected chi connectivity index (χ2v) is 8.77. The predicted octanol–water partition coefficient (Wildman–Crippen LogP) is 6.38. The molecule has 1 aromatic carbocycles. The molecular weight excluding hydrogens is 393 g/mol. The molecule has 2 aliphatic rings. The van der Waals surface area contributed by atoms with Crippen molar-refractivity contribution in [1.82, 2.24) is 0 Å². The summed E-state index contributed by atoms with van der Waals surface area (Å²) in [4.78, 5) is 11.7. The van der Waals surface area contributed by atoms with Gasteiger partial charge in [-0.1, -0.05) is 44.0 Å². The number of alkyl halides is 3. The summed E-state index contributed by atoms with van der Waals surface area (Å²) in [5.74, 6) is -2.91. The van der Waals surface area contributed by atoms with E-state index in [1.807, 2.05) is 0 Å². The van der Waals surface area contributed by atoms with Crippen molar-refractivity contribution in [2.45, 2.75) is 96.1 Å². The first-order chi connectivity index (χ1) is 14.4. The third kappa shape index (κ3) is 6.47. The van der Waals surface area contributed by atoms with Crippen molar-refractivity contribution in [2.75, 3.05) is 0 Å². The summed E-state index contributed by atoms with van der Waals surface area (Å²) in [5, 5.41) is 0. The Hall–Kier alpha value is -1.56. The SMILES string of the molecule is CCCCCc1ccc(COC2CCC(C3CCC(C(F)(F)F)C(=O)O3)CC2)cc1. The van der Waals surface area contributed by atoms with Gasteiger partial charge >= 0.3 is 12.1 Å². The highest BCUT2D eigenvalue weighted by atomic mass is 19.4. The van der Waals surface area contributed by atoms with Crippen LogP contribution in [0.3, 0.4) is 0 Å². The smallest absolute Gasteiger partial charge is 0.402 e. The van der Waals surface area contributed by atoms with Crippen molar-refractivity contribution in [2.24, 2.45) is 11.8 Å². The second-order valence-electron chi connectivity index (χ2n) is 8.77. The van der Waals surface area contributed by atoms with E-state index in [4.69, 9.17) is 9.47 Å². The fraction of sp³-hybridized carbons (Fsp3) is 0.708. The molecule has 6 heteroatoms. The molecule has 2 fully saturated rings. The Balaban J connectivity index is 1.37. The van der Waals surface area contributed by atoms with E-state index in [9.17, 15) is 18.0 Å². The van der Waals surface area contributed by atoms with Crippen LogP contribution in [0, 0.1) is 11.8 Å². The number of esters is 1. The average Bonchev–Trinajstić information content (AvgIpc) is 2.73. The fourth-order valence-electron chi connectivity index (χ4n) is 4.59. The zero-order valence-corrected chi connectivity index (χ0v) is 17.8. The predicted molar refractivity (Wildman–Crippen MR) is 109 cm³/mol. The van der Waals surface area contributed by atoms with Gasteiger partial charge in [0.2, 0.25) is 0 Å². The molecule has 168 valence electrons. The van der Waals surface area contributed by atoms with Crippen molar-refractivity contribution in [3.8, 4) is 0 Å². The molecule has 2 unspecified atom stereocenters. The van der Waals surface area contributed by atoms with Gasteiger partial charge in [-0.25, -0.2) is 0 Å². The topological polar surface area (TPSA) is 35.5 Å². The van der Waals surface area contributed by atoms with Gasteiger partial charge in [-0.05, 0) is 68.4 Å². The summed E-state index contributed by atoms with van der Waals surface area (Å²) < 4.78 is 49.7. The van der Waals surface area contributed by atoms with Crippen LogP contribution in [0.4, 0.5) is 13.2 Å². The Labute approximate surface area is 177 Å². The van der Waals surface area contributed by atoms with Gasteiger partial charge in [0.1, 0.15) is 6.10 Å². The maximum Gasteiger partial charge on any atom is 0.402 e. The molecule has 0 N–H and O–H groups in total. The third-order valence-electron chi connectivity index (χ3n) is 6.51. The van der Waals surface area contributed by atoms with Crippen LogP contribution in [-0.4, -0.2) is 24.4 Å². The van der Waals surface area contributed by atoms with Gasteiger partial charge < -0.3 is 9.47 Å². The molecule has 3 rings (SSSR count). The number of cyclic esters (lactones) is 1. The van der Waals surface area contributed by atoms with Gasteiger partial charge in [-0.2, -0.15) is 13.2 Å². The highest BCUT2D eigenvalue weighted by molar-refractivity contribution is 5.74. The molecule has 0 radical (unpaired) electrons. The highest BCUT2D eigenvalue weighted by Gasteiger charge is 2.49. The third-order valence-corrected chi connectivity index (χ3v) is 6.51. The van der Waals surface area contributed by atoms with Crippen LogP contribution >= 0.6 is 0 Å². The summed E-state index contributed by atoms with van der Waals surface area (Å²) in [6, 6.07) is 8.62. The highest BCUT2D eigenvalue weighted by Crippen LogP contribution is 2.39. The molecule has 2 atom stereocenters. The lowest BCUT2D eigenvalue weighted by Gasteiger charge is -2.37. The number of hydrogen-bond acceptors (Lipinski definition) is 3. The number of carbonyl (C=O) groups excluding carboxylic acids is 1. The fourth-order valence-corrected chi connectivity index (χ4v) is 4.59. The maximum atomic E-state index is 12.8. The second kappa shape index (κ2) is 10.7. The lowest BCUT2D eigenvalue weighted by molar-refractivity contribution is -0.215. The van der Waals surface area contributed by atoms with E-state index in [0.717, 1.165) is 37.7 Å². The Morgan fingerprint density at radius 1 is 0.967 bits per heavy atom. The van der Waals surface area contributed by atoms with E-state index in [1.54, 1.807) is 0 Å². The number of aryl methyl sites for hydroxylation is 1. The number of halogens is 3. The van der Waals surface area contributed by atoms with Crippen LogP contribution in [0.25, 0.3) is 0 Å². The largest absolute Gasteiger partial charge is 0.462 e. The molecule has 0 spiro atoms. The van der Waals surface area contributed by atoms with Gasteiger partial charge in [0.25, 0.3) is 0 Å². The molecule has 0 aromatic heterocycles. The van der Waals surface area contributed by atoms with Gasteiger partial charge in [0, 0.05) is 0 Å². The van der Waals surface area contributed by atoms with E-state index in [-0.39, 0.29) is 24.5 Å². The average molecular weight is 427 g/mol. The Bertz CT molecular complexity index is 663. The molecule has 0 amide bonds. The summed E-state index contributed by atoms with van der Waals surface area (Å²) in [6.45, 7) is 2.79. The molecular formula is C24H33F3O3. The normalized spacial score (nSPS) is 27.7. The molecule has 1 aliphatic carbocycles. The number of benzene rings is 1. The molecule has 0 bridgehead atoms. The minimum atomic E-state index is -4.50. The van der Waals surface area contributed by atoms with Crippen molar-refractivity contribution in [3.05, 3.63) is 35.4 Å². The Morgan fingerprint density at radius 3 is 2.23 bits per heavy atom. The van der Waals surface area contributed by atoms with E-state index in [0.29, 0.717) is 13.0 Å².